The van der Waals surface area contributed by atoms with Gasteiger partial charge in [0.25, 0.3) is 11.6 Å². The van der Waals surface area contributed by atoms with E-state index in [4.69, 9.17) is 27.9 Å². The van der Waals surface area contributed by atoms with Crippen molar-refractivity contribution in [3.05, 3.63) is 73.2 Å². The summed E-state index contributed by atoms with van der Waals surface area (Å²) in [5, 5.41) is 15.3. The van der Waals surface area contributed by atoms with Crippen molar-refractivity contribution < 1.29 is 14.5 Å². The number of nitrogens with zero attached hydrogens (tertiary/aromatic N) is 1. The predicted molar refractivity (Wildman–Crippen MR) is 108 cm³/mol. The zero-order valence-electron chi connectivity index (χ0n) is 15.3. The van der Waals surface area contributed by atoms with Gasteiger partial charge in [-0.05, 0) is 43.5 Å². The summed E-state index contributed by atoms with van der Waals surface area (Å²) in [6.45, 7) is 2.99. The molecule has 8 heteroatoms. The van der Waals surface area contributed by atoms with E-state index in [2.05, 4.69) is 5.32 Å². The van der Waals surface area contributed by atoms with Gasteiger partial charge < -0.3 is 10.1 Å². The van der Waals surface area contributed by atoms with Gasteiger partial charge in [-0.25, -0.2) is 0 Å². The number of carbonyl (C=O) groups is 1. The van der Waals surface area contributed by atoms with Gasteiger partial charge in [0, 0.05) is 40.8 Å². The zero-order valence-corrected chi connectivity index (χ0v) is 16.8. The molecule has 1 aliphatic heterocycles. The zero-order chi connectivity index (χ0) is 20.3. The molecule has 2 aromatic carbocycles. The third-order valence-corrected chi connectivity index (χ3v) is 5.75. The number of hydrogen-bond acceptors (Lipinski definition) is 4. The maximum Gasteiger partial charge on any atom is 0.285 e. The van der Waals surface area contributed by atoms with Crippen LogP contribution in [0.15, 0.2) is 36.4 Å². The van der Waals surface area contributed by atoms with Crippen LogP contribution in [-0.2, 0) is 10.2 Å². The Labute approximate surface area is 172 Å². The Bertz CT molecular complexity index is 911. The summed E-state index contributed by atoms with van der Waals surface area (Å²) in [7, 11) is 0. The normalized spacial score (nSPS) is 15.8. The van der Waals surface area contributed by atoms with E-state index in [0.29, 0.717) is 48.2 Å². The molecule has 0 unspecified atom stereocenters. The molecule has 1 amide bonds. The summed E-state index contributed by atoms with van der Waals surface area (Å²) in [6.07, 6.45) is 1.34. The molecule has 0 saturated carbocycles. The van der Waals surface area contributed by atoms with E-state index in [0.717, 1.165) is 5.56 Å². The smallest absolute Gasteiger partial charge is 0.285 e. The Kier molecular flexibility index (Phi) is 6.23. The second-order valence-electron chi connectivity index (χ2n) is 6.93. The summed E-state index contributed by atoms with van der Waals surface area (Å²) in [5.74, 6) is -0.480. The lowest BCUT2D eigenvalue weighted by Gasteiger charge is -2.38. The van der Waals surface area contributed by atoms with Crippen molar-refractivity contribution >= 4 is 34.8 Å². The Hall–Kier alpha value is -2.15. The molecule has 1 fully saturated rings. The maximum absolute atomic E-state index is 12.8. The minimum atomic E-state index is -0.523. The Morgan fingerprint density at radius 3 is 2.61 bits per heavy atom. The van der Waals surface area contributed by atoms with Crippen LogP contribution in [0.1, 0.15) is 34.3 Å². The van der Waals surface area contributed by atoms with Crippen LogP contribution in [0.5, 0.6) is 0 Å². The summed E-state index contributed by atoms with van der Waals surface area (Å²) in [5.41, 5.74) is 0.786. The molecule has 0 radical (unpaired) electrons. The number of nitro groups is 1. The van der Waals surface area contributed by atoms with E-state index in [1.807, 2.05) is 6.07 Å². The average Bonchev–Trinajstić information content (AvgIpc) is 2.66. The highest BCUT2D eigenvalue weighted by molar-refractivity contribution is 6.35. The molecule has 2 aromatic rings. The number of halogens is 2. The second-order valence-corrected chi connectivity index (χ2v) is 7.77. The molecule has 0 bridgehead atoms. The van der Waals surface area contributed by atoms with Gasteiger partial charge in [0.1, 0.15) is 5.56 Å². The lowest BCUT2D eigenvalue weighted by atomic mass is 9.74. The molecule has 0 spiro atoms. The summed E-state index contributed by atoms with van der Waals surface area (Å²) < 4.78 is 5.50. The monoisotopic (exact) mass is 422 g/mol. The Morgan fingerprint density at radius 1 is 1.25 bits per heavy atom. The largest absolute Gasteiger partial charge is 0.381 e. The third kappa shape index (κ3) is 4.14. The van der Waals surface area contributed by atoms with Crippen LogP contribution in [0.2, 0.25) is 10.0 Å². The number of ether oxygens (including phenoxy) is 1. The third-order valence-electron chi connectivity index (χ3n) is 5.20. The fourth-order valence-corrected chi connectivity index (χ4v) is 4.26. The molecule has 1 heterocycles. The first kappa shape index (κ1) is 20.6. The van der Waals surface area contributed by atoms with Crippen LogP contribution in [0.25, 0.3) is 0 Å². The first-order valence-corrected chi connectivity index (χ1v) is 9.65. The number of aryl methyl sites for hydroxylation is 1. The van der Waals surface area contributed by atoms with E-state index in [1.165, 1.54) is 6.07 Å². The van der Waals surface area contributed by atoms with Crippen molar-refractivity contribution in [1.29, 1.82) is 0 Å². The lowest BCUT2D eigenvalue weighted by Crippen LogP contribution is -2.45. The molecule has 1 aliphatic rings. The Balaban J connectivity index is 1.89. The second kappa shape index (κ2) is 8.47. The number of para-hydroxylation sites is 1. The van der Waals surface area contributed by atoms with E-state index in [-0.39, 0.29) is 11.3 Å². The summed E-state index contributed by atoms with van der Waals surface area (Å²) in [6, 6.07) is 10.0. The van der Waals surface area contributed by atoms with Gasteiger partial charge in [-0.15, -0.1) is 0 Å². The quantitative estimate of drug-likeness (QED) is 0.559. The highest BCUT2D eigenvalue weighted by Crippen LogP contribution is 2.39. The fraction of sp³-hybridized carbons (Fsp3) is 0.350. The van der Waals surface area contributed by atoms with Crippen LogP contribution in [0.4, 0.5) is 5.69 Å². The number of hydrogen-bond donors (Lipinski definition) is 1. The van der Waals surface area contributed by atoms with Crippen LogP contribution < -0.4 is 5.32 Å². The van der Waals surface area contributed by atoms with Gasteiger partial charge in [-0.2, -0.15) is 0 Å². The van der Waals surface area contributed by atoms with Gasteiger partial charge in [0.2, 0.25) is 0 Å². The molecule has 148 valence electrons. The number of nitrogens with one attached hydrogen (secondary N) is 1. The fourth-order valence-electron chi connectivity index (χ4n) is 3.65. The molecular weight excluding hydrogens is 403 g/mol. The van der Waals surface area contributed by atoms with Crippen LogP contribution in [0, 0.1) is 17.0 Å². The number of nitro benzene ring substituents is 1. The first-order valence-electron chi connectivity index (χ1n) is 8.89. The van der Waals surface area contributed by atoms with E-state index >= 15 is 0 Å². The molecular formula is C20H20Cl2N2O4. The number of amides is 1. The molecule has 0 aliphatic carbocycles. The maximum atomic E-state index is 12.8. The molecule has 0 atom stereocenters. The van der Waals surface area contributed by atoms with Crippen molar-refractivity contribution in [3.63, 3.8) is 0 Å². The predicted octanol–water partition coefficient (Wildman–Crippen LogP) is 4.69. The van der Waals surface area contributed by atoms with Crippen LogP contribution in [0.3, 0.4) is 0 Å². The van der Waals surface area contributed by atoms with E-state index in [1.54, 1.807) is 31.2 Å². The standard InChI is InChI=1S/C20H20Cl2N2O4/c1-13-3-2-4-15(18(13)24(26)27)19(25)23-12-20(7-9-28-10-8-20)16-6-5-14(21)11-17(16)22/h2-6,11H,7-10,12H2,1H3,(H,23,25). The van der Waals surface area contributed by atoms with Gasteiger partial charge in [-0.3, -0.25) is 14.9 Å². The van der Waals surface area contributed by atoms with Crippen molar-refractivity contribution in [2.24, 2.45) is 0 Å². The molecule has 28 heavy (non-hydrogen) atoms. The molecule has 3 rings (SSSR count). The highest BCUT2D eigenvalue weighted by Gasteiger charge is 2.37. The summed E-state index contributed by atoms with van der Waals surface area (Å²) in [4.78, 5) is 23.6. The van der Waals surface area contributed by atoms with E-state index in [9.17, 15) is 14.9 Å². The molecule has 1 N–H and O–H groups in total. The van der Waals surface area contributed by atoms with Gasteiger partial charge in [0.15, 0.2) is 0 Å². The minimum Gasteiger partial charge on any atom is -0.381 e. The average molecular weight is 423 g/mol. The van der Waals surface area contributed by atoms with Crippen molar-refractivity contribution in [2.45, 2.75) is 25.2 Å². The van der Waals surface area contributed by atoms with E-state index < -0.39 is 16.2 Å². The van der Waals surface area contributed by atoms with Crippen LogP contribution in [-0.4, -0.2) is 30.6 Å². The summed E-state index contributed by atoms with van der Waals surface area (Å²) >= 11 is 12.5. The SMILES string of the molecule is Cc1cccc(C(=O)NCC2(c3ccc(Cl)cc3Cl)CCOCC2)c1[N+](=O)[O-]. The highest BCUT2D eigenvalue weighted by atomic mass is 35.5. The van der Waals surface area contributed by atoms with Gasteiger partial charge >= 0.3 is 0 Å². The van der Waals surface area contributed by atoms with Crippen LogP contribution >= 0.6 is 23.2 Å². The first-order chi connectivity index (χ1) is 13.3. The lowest BCUT2D eigenvalue weighted by molar-refractivity contribution is -0.385. The number of rotatable bonds is 5. The van der Waals surface area contributed by atoms with Crippen molar-refractivity contribution in [2.75, 3.05) is 19.8 Å². The molecule has 6 nitrogen and oxygen atoms in total. The minimum absolute atomic E-state index is 0.0504. The van der Waals surface area contributed by atoms with Crippen molar-refractivity contribution in [1.82, 2.24) is 5.32 Å². The number of carbonyl (C=O) groups excluding carboxylic acids is 1. The number of benzene rings is 2. The topological polar surface area (TPSA) is 81.5 Å². The molecule has 0 aromatic heterocycles. The van der Waals surface area contributed by atoms with Gasteiger partial charge in [-0.1, -0.05) is 41.4 Å². The van der Waals surface area contributed by atoms with Crippen molar-refractivity contribution in [3.8, 4) is 0 Å². The molecule has 1 saturated heterocycles. The van der Waals surface area contributed by atoms with Gasteiger partial charge in [0.05, 0.1) is 4.92 Å². The Morgan fingerprint density at radius 2 is 1.96 bits per heavy atom.